The summed E-state index contributed by atoms with van der Waals surface area (Å²) >= 11 is 0. The normalized spacial score (nSPS) is 16.1. The molecule has 0 fully saturated rings. The van der Waals surface area contributed by atoms with Crippen LogP contribution >= 0.6 is 0 Å². The molecule has 2 aromatic carbocycles. The Hall–Kier alpha value is -2.62. The maximum Gasteiger partial charge on any atom is 0.254 e. The lowest BCUT2D eigenvalue weighted by atomic mass is 10.1. The van der Waals surface area contributed by atoms with Gasteiger partial charge < -0.3 is 10.6 Å². The number of benzene rings is 2. The number of aryl methyl sites for hydroxylation is 1. The molecule has 0 bridgehead atoms. The number of nitrogens with two attached hydrogens (primary N) is 1. The quantitative estimate of drug-likeness (QED) is 0.945. The predicted molar refractivity (Wildman–Crippen MR) is 84.6 cm³/mol. The molecule has 0 saturated carbocycles. The average molecular weight is 294 g/mol. The Morgan fingerprint density at radius 2 is 1.68 bits per heavy atom. The highest BCUT2D eigenvalue weighted by Crippen LogP contribution is 2.35. The van der Waals surface area contributed by atoms with Crippen LogP contribution in [-0.2, 0) is 6.42 Å². The predicted octanol–water partition coefficient (Wildman–Crippen LogP) is 2.55. The topological polar surface area (TPSA) is 63.4 Å². The van der Waals surface area contributed by atoms with Crippen molar-refractivity contribution in [1.82, 2.24) is 4.90 Å². The molecule has 1 aliphatic carbocycles. The zero-order valence-corrected chi connectivity index (χ0v) is 12.5. The van der Waals surface area contributed by atoms with Gasteiger partial charge in [-0.1, -0.05) is 24.3 Å². The fourth-order valence-electron chi connectivity index (χ4n) is 3.06. The van der Waals surface area contributed by atoms with Crippen molar-refractivity contribution in [2.75, 3.05) is 7.05 Å². The lowest BCUT2D eigenvalue weighted by Gasteiger charge is -2.25. The van der Waals surface area contributed by atoms with Gasteiger partial charge in [0, 0.05) is 18.2 Å². The molecule has 112 valence electrons. The summed E-state index contributed by atoms with van der Waals surface area (Å²) in [5.74, 6) is -0.533. The van der Waals surface area contributed by atoms with Gasteiger partial charge in [0.15, 0.2) is 0 Å². The van der Waals surface area contributed by atoms with Crippen LogP contribution in [0.25, 0.3) is 0 Å². The van der Waals surface area contributed by atoms with E-state index < -0.39 is 5.91 Å². The number of rotatable bonds is 3. The van der Waals surface area contributed by atoms with Gasteiger partial charge in [-0.25, -0.2) is 0 Å². The molecule has 1 atom stereocenters. The third-order valence-corrected chi connectivity index (χ3v) is 4.31. The Morgan fingerprint density at radius 1 is 1.05 bits per heavy atom. The van der Waals surface area contributed by atoms with Crippen LogP contribution < -0.4 is 5.73 Å². The summed E-state index contributed by atoms with van der Waals surface area (Å²) in [4.78, 5) is 25.5. The molecule has 0 saturated heterocycles. The standard InChI is InChI=1S/C18H18N2O2/c1-20(16-11-10-12-4-2-3-5-15(12)16)18(22)14-8-6-13(7-9-14)17(19)21/h2-9,16H,10-11H2,1H3,(H2,19,21)/t16-/m1/s1. The van der Waals surface area contributed by atoms with Crippen molar-refractivity contribution in [3.63, 3.8) is 0 Å². The lowest BCUT2D eigenvalue weighted by Crippen LogP contribution is -2.30. The summed E-state index contributed by atoms with van der Waals surface area (Å²) in [5, 5.41) is 0. The maximum atomic E-state index is 12.6. The second-order valence-electron chi connectivity index (χ2n) is 5.61. The van der Waals surface area contributed by atoms with Crippen molar-refractivity contribution in [2.24, 2.45) is 5.73 Å². The molecule has 0 spiro atoms. The van der Waals surface area contributed by atoms with Crippen molar-refractivity contribution in [2.45, 2.75) is 18.9 Å². The number of fused-ring (bicyclic) bond motifs is 1. The van der Waals surface area contributed by atoms with Gasteiger partial charge in [-0.3, -0.25) is 9.59 Å². The number of hydrogen-bond acceptors (Lipinski definition) is 2. The molecule has 1 aliphatic rings. The van der Waals surface area contributed by atoms with Crippen LogP contribution in [0.5, 0.6) is 0 Å². The molecule has 2 amide bonds. The number of carbonyl (C=O) groups is 2. The maximum absolute atomic E-state index is 12.6. The van der Waals surface area contributed by atoms with Crippen LogP contribution in [-0.4, -0.2) is 23.8 Å². The fourth-order valence-corrected chi connectivity index (χ4v) is 3.06. The summed E-state index contributed by atoms with van der Waals surface area (Å²) in [6.45, 7) is 0. The second kappa shape index (κ2) is 5.64. The number of primary amides is 1. The zero-order valence-electron chi connectivity index (χ0n) is 12.5. The molecular weight excluding hydrogens is 276 g/mol. The van der Waals surface area contributed by atoms with Gasteiger partial charge in [0.2, 0.25) is 5.91 Å². The summed E-state index contributed by atoms with van der Waals surface area (Å²) in [6.07, 6.45) is 1.94. The van der Waals surface area contributed by atoms with Crippen LogP contribution in [0.15, 0.2) is 48.5 Å². The van der Waals surface area contributed by atoms with Crippen LogP contribution in [0, 0.1) is 0 Å². The molecule has 4 nitrogen and oxygen atoms in total. The number of nitrogens with zero attached hydrogens (tertiary/aromatic N) is 1. The van der Waals surface area contributed by atoms with Crippen molar-refractivity contribution in [3.8, 4) is 0 Å². The third-order valence-electron chi connectivity index (χ3n) is 4.31. The van der Waals surface area contributed by atoms with E-state index >= 15 is 0 Å². The Balaban J connectivity index is 1.82. The van der Waals surface area contributed by atoms with E-state index in [0.29, 0.717) is 11.1 Å². The molecular formula is C18H18N2O2. The first-order valence-electron chi connectivity index (χ1n) is 7.33. The van der Waals surface area contributed by atoms with E-state index in [1.54, 1.807) is 29.2 Å². The Labute approximate surface area is 129 Å². The Morgan fingerprint density at radius 3 is 2.36 bits per heavy atom. The molecule has 0 radical (unpaired) electrons. The Kier molecular flexibility index (Phi) is 3.67. The molecule has 4 heteroatoms. The van der Waals surface area contributed by atoms with Gasteiger partial charge in [-0.2, -0.15) is 0 Å². The van der Waals surface area contributed by atoms with E-state index in [4.69, 9.17) is 5.73 Å². The molecule has 0 unspecified atom stereocenters. The Bertz CT molecular complexity index is 722. The van der Waals surface area contributed by atoms with Crippen molar-refractivity contribution >= 4 is 11.8 Å². The molecule has 2 N–H and O–H groups in total. The van der Waals surface area contributed by atoms with E-state index in [1.807, 2.05) is 19.2 Å². The first-order valence-corrected chi connectivity index (χ1v) is 7.33. The van der Waals surface area contributed by atoms with Gasteiger partial charge in [-0.05, 0) is 48.2 Å². The second-order valence-corrected chi connectivity index (χ2v) is 5.61. The average Bonchev–Trinajstić information content (AvgIpc) is 2.97. The van der Waals surface area contributed by atoms with Crippen LogP contribution in [0.1, 0.15) is 44.3 Å². The minimum atomic E-state index is -0.489. The highest BCUT2D eigenvalue weighted by Gasteiger charge is 2.28. The van der Waals surface area contributed by atoms with Gasteiger partial charge in [0.05, 0.1) is 6.04 Å². The van der Waals surface area contributed by atoms with E-state index in [-0.39, 0.29) is 11.9 Å². The minimum absolute atomic E-state index is 0.0438. The van der Waals surface area contributed by atoms with Gasteiger partial charge in [0.25, 0.3) is 5.91 Å². The molecule has 2 aromatic rings. The molecule has 22 heavy (non-hydrogen) atoms. The number of hydrogen-bond donors (Lipinski definition) is 1. The number of amides is 2. The summed E-state index contributed by atoms with van der Waals surface area (Å²) in [6, 6.07) is 14.8. The van der Waals surface area contributed by atoms with Crippen LogP contribution in [0.2, 0.25) is 0 Å². The monoisotopic (exact) mass is 294 g/mol. The highest BCUT2D eigenvalue weighted by molar-refractivity contribution is 5.97. The van der Waals surface area contributed by atoms with Crippen LogP contribution in [0.3, 0.4) is 0 Å². The zero-order chi connectivity index (χ0) is 15.7. The largest absolute Gasteiger partial charge is 0.366 e. The SMILES string of the molecule is CN(C(=O)c1ccc(C(N)=O)cc1)[C@@H]1CCc2ccccc21. The van der Waals surface area contributed by atoms with Crippen LogP contribution in [0.4, 0.5) is 0 Å². The van der Waals surface area contributed by atoms with E-state index in [1.165, 1.54) is 11.1 Å². The fraction of sp³-hybridized carbons (Fsp3) is 0.222. The van der Waals surface area contributed by atoms with Gasteiger partial charge in [-0.15, -0.1) is 0 Å². The highest BCUT2D eigenvalue weighted by atomic mass is 16.2. The number of carbonyl (C=O) groups excluding carboxylic acids is 2. The third kappa shape index (κ3) is 2.48. The molecule has 0 aromatic heterocycles. The molecule has 0 aliphatic heterocycles. The smallest absolute Gasteiger partial charge is 0.254 e. The van der Waals surface area contributed by atoms with Crippen molar-refractivity contribution in [3.05, 3.63) is 70.8 Å². The van der Waals surface area contributed by atoms with E-state index in [0.717, 1.165) is 12.8 Å². The van der Waals surface area contributed by atoms with Crippen molar-refractivity contribution in [1.29, 1.82) is 0 Å². The minimum Gasteiger partial charge on any atom is -0.366 e. The first-order chi connectivity index (χ1) is 10.6. The lowest BCUT2D eigenvalue weighted by molar-refractivity contribution is 0.0730. The van der Waals surface area contributed by atoms with Crippen molar-refractivity contribution < 1.29 is 9.59 Å². The van der Waals surface area contributed by atoms with Gasteiger partial charge in [0.1, 0.15) is 0 Å². The van der Waals surface area contributed by atoms with Gasteiger partial charge >= 0.3 is 0 Å². The van der Waals surface area contributed by atoms with E-state index in [2.05, 4.69) is 12.1 Å². The first kappa shape index (κ1) is 14.3. The van der Waals surface area contributed by atoms with E-state index in [9.17, 15) is 9.59 Å². The molecule has 0 heterocycles. The summed E-state index contributed by atoms with van der Waals surface area (Å²) in [7, 11) is 1.83. The summed E-state index contributed by atoms with van der Waals surface area (Å²) < 4.78 is 0. The summed E-state index contributed by atoms with van der Waals surface area (Å²) in [5.41, 5.74) is 8.74. The molecule has 3 rings (SSSR count).